The molecule has 2 aromatic carbocycles. The first-order chi connectivity index (χ1) is 15.7. The zero-order valence-electron chi connectivity index (χ0n) is 20.0. The first kappa shape index (κ1) is 21.4. The van der Waals surface area contributed by atoms with Crippen LogP contribution in [0.5, 0.6) is 0 Å². The maximum atomic E-state index is 13.3. The molecular weight excluding hydrogens is 408 g/mol. The number of hydrogen-bond acceptors (Lipinski definition) is 2. The summed E-state index contributed by atoms with van der Waals surface area (Å²) in [6.45, 7) is 9.64. The summed E-state index contributed by atoms with van der Waals surface area (Å²) < 4.78 is 4.33. The third-order valence-electron chi connectivity index (χ3n) is 7.19. The molecule has 0 fully saturated rings. The number of aryl methyl sites for hydroxylation is 1. The molecule has 1 aromatic heterocycles. The van der Waals surface area contributed by atoms with Gasteiger partial charge >= 0.3 is 0 Å². The Balaban J connectivity index is 1.58. The van der Waals surface area contributed by atoms with Crippen LogP contribution in [0.1, 0.15) is 45.2 Å². The van der Waals surface area contributed by atoms with Gasteiger partial charge in [-0.15, -0.1) is 0 Å². The Kier molecular flexibility index (Phi) is 4.93. The van der Waals surface area contributed by atoms with Gasteiger partial charge in [-0.3, -0.25) is 4.79 Å². The van der Waals surface area contributed by atoms with E-state index in [1.807, 2.05) is 49.7 Å². The number of Topliss-reactive ketones (excluding diaryl/α,β-unsaturated/α-hetero) is 1. The predicted octanol–water partition coefficient (Wildman–Crippen LogP) is 6.17. The highest BCUT2D eigenvalue weighted by Crippen LogP contribution is 2.43. The summed E-state index contributed by atoms with van der Waals surface area (Å²) in [4.78, 5) is 13.3. The highest BCUT2D eigenvalue weighted by Gasteiger charge is 2.45. The van der Waals surface area contributed by atoms with Crippen LogP contribution in [0.3, 0.4) is 0 Å². The predicted molar refractivity (Wildman–Crippen MR) is 134 cm³/mol. The third-order valence-corrected chi connectivity index (χ3v) is 7.19. The molecule has 5 rings (SSSR count). The van der Waals surface area contributed by atoms with Gasteiger partial charge in [-0.05, 0) is 32.3 Å². The Bertz CT molecular complexity index is 1400. The molecule has 0 unspecified atom stereocenters. The van der Waals surface area contributed by atoms with Crippen molar-refractivity contribution in [3.63, 3.8) is 0 Å². The van der Waals surface area contributed by atoms with Crippen molar-refractivity contribution < 1.29 is 14.5 Å². The van der Waals surface area contributed by atoms with Crippen molar-refractivity contribution in [1.82, 2.24) is 4.57 Å². The molecule has 0 spiro atoms. The minimum Gasteiger partial charge on any atom is -0.506 e. The van der Waals surface area contributed by atoms with Crippen LogP contribution in [0.15, 0.2) is 72.1 Å². The lowest BCUT2D eigenvalue weighted by Crippen LogP contribution is -2.30. The van der Waals surface area contributed by atoms with Gasteiger partial charge in [0.1, 0.15) is 12.8 Å². The highest BCUT2D eigenvalue weighted by atomic mass is 16.3. The van der Waals surface area contributed by atoms with Crippen LogP contribution in [0.4, 0.5) is 5.69 Å². The molecule has 0 saturated heterocycles. The molecule has 168 valence electrons. The maximum absolute atomic E-state index is 13.3. The summed E-state index contributed by atoms with van der Waals surface area (Å²) in [5, 5.41) is 12.1. The number of carbonyl (C=O) groups is 1. The molecule has 2 aliphatic rings. The van der Waals surface area contributed by atoms with Gasteiger partial charge in [0, 0.05) is 46.9 Å². The van der Waals surface area contributed by atoms with Crippen molar-refractivity contribution in [2.75, 3.05) is 7.05 Å². The molecule has 3 aromatic rings. The van der Waals surface area contributed by atoms with E-state index < -0.39 is 0 Å². The van der Waals surface area contributed by atoms with E-state index in [1.54, 1.807) is 0 Å². The Morgan fingerprint density at radius 3 is 2.48 bits per heavy atom. The third kappa shape index (κ3) is 3.19. The number of rotatable bonds is 5. The number of aromatic nitrogens is 1. The van der Waals surface area contributed by atoms with E-state index >= 15 is 0 Å². The monoisotopic (exact) mass is 439 g/mol. The molecule has 1 aliphatic heterocycles. The maximum Gasteiger partial charge on any atom is 0.209 e. The van der Waals surface area contributed by atoms with E-state index in [0.717, 1.165) is 40.8 Å². The van der Waals surface area contributed by atoms with Crippen LogP contribution < -0.4 is 0 Å². The van der Waals surface area contributed by atoms with Crippen LogP contribution in [0.2, 0.25) is 0 Å². The van der Waals surface area contributed by atoms with E-state index in [4.69, 9.17) is 0 Å². The van der Waals surface area contributed by atoms with E-state index in [0.29, 0.717) is 17.1 Å². The Hall–Kier alpha value is -3.40. The number of nitrogens with zero attached hydrogens (tertiary/aromatic N) is 2. The zero-order chi connectivity index (χ0) is 23.5. The SMILES string of the molecule is CC(C)CCn1cc(C2=C(O)C(=CC3=[N+](C)c4ccccc4C3(C)C)C2=O)c2ccccc21. The average Bonchev–Trinajstić information content (AvgIpc) is 3.24. The van der Waals surface area contributed by atoms with Gasteiger partial charge in [0.2, 0.25) is 11.5 Å². The number of fused-ring (bicyclic) bond motifs is 2. The lowest BCUT2D eigenvalue weighted by Gasteiger charge is -2.22. The molecule has 1 N–H and O–H groups in total. The normalized spacial score (nSPS) is 18.6. The molecule has 0 amide bonds. The van der Waals surface area contributed by atoms with Gasteiger partial charge in [-0.2, -0.15) is 4.58 Å². The van der Waals surface area contributed by atoms with Gasteiger partial charge in [-0.1, -0.05) is 50.2 Å². The zero-order valence-corrected chi connectivity index (χ0v) is 20.0. The fourth-order valence-corrected chi connectivity index (χ4v) is 5.23. The minimum atomic E-state index is -0.248. The Morgan fingerprint density at radius 1 is 1.09 bits per heavy atom. The summed E-state index contributed by atoms with van der Waals surface area (Å²) >= 11 is 0. The number of carbonyl (C=O) groups excluding carboxylic acids is 1. The Labute approximate surface area is 195 Å². The molecule has 4 nitrogen and oxygen atoms in total. The van der Waals surface area contributed by atoms with Gasteiger partial charge < -0.3 is 9.67 Å². The van der Waals surface area contributed by atoms with Crippen molar-refractivity contribution in [3.05, 3.63) is 83.3 Å². The van der Waals surface area contributed by atoms with E-state index in [1.165, 1.54) is 5.56 Å². The number of benzene rings is 2. The number of allylic oxidation sites excluding steroid dienone is 3. The second kappa shape index (κ2) is 7.58. The lowest BCUT2D eigenvalue weighted by molar-refractivity contribution is -0.401. The van der Waals surface area contributed by atoms with Crippen LogP contribution in [0, 0.1) is 5.92 Å². The summed E-state index contributed by atoms with van der Waals surface area (Å²) in [5.74, 6) is 0.598. The van der Waals surface area contributed by atoms with E-state index in [-0.39, 0.29) is 17.0 Å². The smallest absolute Gasteiger partial charge is 0.209 e. The fourth-order valence-electron chi connectivity index (χ4n) is 5.23. The van der Waals surface area contributed by atoms with Crippen molar-refractivity contribution in [2.45, 2.75) is 46.1 Å². The number of aliphatic hydroxyl groups excluding tert-OH is 1. The first-order valence-corrected chi connectivity index (χ1v) is 11.7. The van der Waals surface area contributed by atoms with Gasteiger partial charge in [0.25, 0.3) is 0 Å². The lowest BCUT2D eigenvalue weighted by atomic mass is 9.77. The molecular formula is C29H31N2O2+. The quantitative estimate of drug-likeness (QED) is 0.382. The first-order valence-electron chi connectivity index (χ1n) is 11.7. The van der Waals surface area contributed by atoms with Gasteiger partial charge in [-0.25, -0.2) is 0 Å². The summed E-state index contributed by atoms with van der Waals surface area (Å²) in [6.07, 6.45) is 4.96. The number of ketones is 1. The van der Waals surface area contributed by atoms with Crippen molar-refractivity contribution >= 4 is 33.7 Å². The fraction of sp³-hybridized carbons (Fsp3) is 0.310. The molecule has 0 atom stereocenters. The van der Waals surface area contributed by atoms with Gasteiger partial charge in [0.05, 0.1) is 16.6 Å². The molecule has 0 bridgehead atoms. The van der Waals surface area contributed by atoms with Crippen molar-refractivity contribution in [2.24, 2.45) is 5.92 Å². The topological polar surface area (TPSA) is 45.2 Å². The Morgan fingerprint density at radius 2 is 1.79 bits per heavy atom. The number of para-hydroxylation sites is 2. The van der Waals surface area contributed by atoms with Crippen LogP contribution in [-0.2, 0) is 16.8 Å². The van der Waals surface area contributed by atoms with Crippen molar-refractivity contribution in [1.29, 1.82) is 0 Å². The summed E-state index contributed by atoms with van der Waals surface area (Å²) in [7, 11) is 2.02. The standard InChI is InChI=1S/C29H30N2O2/c1-18(2)14-15-31-17-21(19-10-6-8-12-23(19)31)26-27(32)20(28(26)33)16-25-29(3,4)22-11-7-9-13-24(22)30(25)5/h6-13,16-18H,14-15H2,1-5H3/p+1. The van der Waals surface area contributed by atoms with E-state index in [9.17, 15) is 9.90 Å². The van der Waals surface area contributed by atoms with Crippen LogP contribution >= 0.6 is 0 Å². The number of aliphatic hydroxyl groups is 1. The van der Waals surface area contributed by atoms with Crippen LogP contribution in [-0.4, -0.2) is 32.8 Å². The number of hydrogen-bond donors (Lipinski definition) is 1. The second-order valence-electron chi connectivity index (χ2n) is 10.1. The largest absolute Gasteiger partial charge is 0.506 e. The highest BCUT2D eigenvalue weighted by molar-refractivity contribution is 6.41. The van der Waals surface area contributed by atoms with Gasteiger partial charge in [0.15, 0.2) is 5.71 Å². The summed E-state index contributed by atoms with van der Waals surface area (Å²) in [6, 6.07) is 16.4. The van der Waals surface area contributed by atoms with Crippen LogP contribution in [0.25, 0.3) is 16.5 Å². The molecule has 4 heteroatoms. The van der Waals surface area contributed by atoms with Crippen molar-refractivity contribution in [3.8, 4) is 0 Å². The minimum absolute atomic E-state index is 0.0908. The second-order valence-corrected chi connectivity index (χ2v) is 10.1. The molecule has 2 heterocycles. The molecule has 0 saturated carbocycles. The summed E-state index contributed by atoms with van der Waals surface area (Å²) in [5.41, 5.74) is 5.87. The average molecular weight is 440 g/mol. The molecule has 0 radical (unpaired) electrons. The van der Waals surface area contributed by atoms with E-state index in [2.05, 4.69) is 55.0 Å². The molecule has 33 heavy (non-hydrogen) atoms. The molecule has 1 aliphatic carbocycles.